The summed E-state index contributed by atoms with van der Waals surface area (Å²) in [4.78, 5) is 63.0. The van der Waals surface area contributed by atoms with Gasteiger partial charge in [0.2, 0.25) is 17.7 Å². The van der Waals surface area contributed by atoms with Crippen LogP contribution in [0, 0.1) is 0 Å². The average molecular weight is 616 g/mol. The van der Waals surface area contributed by atoms with Gasteiger partial charge >= 0.3 is 12.2 Å². The van der Waals surface area contributed by atoms with Crippen molar-refractivity contribution in [2.24, 2.45) is 5.73 Å². The fraction of sp³-hybridized carbons (Fsp3) is 0.414. The van der Waals surface area contributed by atoms with Gasteiger partial charge in [-0.25, -0.2) is 9.59 Å². The van der Waals surface area contributed by atoms with Crippen LogP contribution in [0.4, 0.5) is 9.59 Å². The lowest BCUT2D eigenvalue weighted by Gasteiger charge is -2.27. The Morgan fingerprint density at radius 2 is 1.55 bits per heavy atom. The maximum atomic E-state index is 13.6. The molecule has 15 nitrogen and oxygen atoms in total. The minimum atomic E-state index is -1.55. The molecule has 0 fully saturated rings. The number of aliphatic hydroxyl groups is 1. The third-order valence-corrected chi connectivity index (χ3v) is 6.64. The largest absolute Gasteiger partial charge is 0.508 e. The molecule has 1 heterocycles. The molecule has 10 N–H and O–H groups in total. The molecular weight excluding hydrogens is 578 g/mol. The highest BCUT2D eigenvalue weighted by atomic mass is 16.6. The Bertz CT molecular complexity index is 1420. The zero-order valence-electron chi connectivity index (χ0n) is 24.4. The van der Waals surface area contributed by atoms with Gasteiger partial charge in [-0.2, -0.15) is 0 Å². The van der Waals surface area contributed by atoms with Crippen LogP contribution in [0.25, 0.3) is 11.1 Å². The smallest absolute Gasteiger partial charge is 0.408 e. The Labute approximate surface area is 252 Å². The van der Waals surface area contributed by atoms with Crippen molar-refractivity contribution >= 4 is 29.9 Å². The number of carbonyl (C=O) groups is 5. The summed E-state index contributed by atoms with van der Waals surface area (Å²) >= 11 is 0. The number of ether oxygens (including phenoxy) is 1. The summed E-state index contributed by atoms with van der Waals surface area (Å²) < 4.78 is 5.30. The van der Waals surface area contributed by atoms with Gasteiger partial charge in [0.15, 0.2) is 0 Å². The number of aromatic hydroxyl groups is 2. The van der Waals surface area contributed by atoms with Gasteiger partial charge in [0, 0.05) is 25.8 Å². The summed E-state index contributed by atoms with van der Waals surface area (Å²) in [5, 5.41) is 49.8. The van der Waals surface area contributed by atoms with E-state index in [1.54, 1.807) is 45.0 Å². The van der Waals surface area contributed by atoms with Crippen LogP contribution in [-0.4, -0.2) is 86.7 Å². The number of alkyl carbamates (subject to hydrolysis) is 1. The third-order valence-electron chi connectivity index (χ3n) is 6.64. The Balaban J connectivity index is 2.11. The summed E-state index contributed by atoms with van der Waals surface area (Å²) in [6.45, 7) is 4.36. The van der Waals surface area contributed by atoms with Crippen molar-refractivity contribution < 1.29 is 49.1 Å². The number of fused-ring (bicyclic) bond motifs is 5. The van der Waals surface area contributed by atoms with Crippen LogP contribution in [0.3, 0.4) is 0 Å². The molecule has 44 heavy (non-hydrogen) atoms. The van der Waals surface area contributed by atoms with Gasteiger partial charge in [-0.05, 0) is 67.3 Å². The number of phenolic OH excluding ortho intramolecular Hbond substituents is 2. The number of primary amides is 1. The highest BCUT2D eigenvalue weighted by molar-refractivity contribution is 5.94. The van der Waals surface area contributed by atoms with Gasteiger partial charge in [-0.1, -0.05) is 12.1 Å². The second-order valence-corrected chi connectivity index (χ2v) is 11.4. The molecule has 0 saturated carbocycles. The average Bonchev–Trinajstić information content (AvgIpc) is 2.91. The molecule has 1 aliphatic rings. The summed E-state index contributed by atoms with van der Waals surface area (Å²) in [5.74, 6) is -3.20. The van der Waals surface area contributed by atoms with Crippen molar-refractivity contribution in [2.75, 3.05) is 6.54 Å². The van der Waals surface area contributed by atoms with E-state index in [1.165, 1.54) is 12.1 Å². The minimum Gasteiger partial charge on any atom is -0.508 e. The number of hydrogen-bond acceptors (Lipinski definition) is 9. The lowest BCUT2D eigenvalue weighted by atomic mass is 9.95. The number of carboxylic acid groups (broad SMARTS) is 1. The number of benzene rings is 2. The number of phenols is 2. The molecule has 1 aliphatic heterocycles. The van der Waals surface area contributed by atoms with E-state index in [4.69, 9.17) is 15.6 Å². The van der Waals surface area contributed by atoms with E-state index in [0.29, 0.717) is 11.1 Å². The molecule has 2 aromatic carbocycles. The van der Waals surface area contributed by atoms with E-state index >= 15 is 0 Å². The van der Waals surface area contributed by atoms with E-state index < -0.39 is 72.7 Å². The molecule has 0 aliphatic carbocycles. The van der Waals surface area contributed by atoms with Crippen molar-refractivity contribution in [2.45, 2.75) is 69.9 Å². The van der Waals surface area contributed by atoms with Gasteiger partial charge in [-0.3, -0.25) is 14.4 Å². The lowest BCUT2D eigenvalue weighted by molar-refractivity contribution is -0.132. The minimum absolute atomic E-state index is 0.181. The molecular formula is C29H37N5O10. The zero-order chi connectivity index (χ0) is 32.8. The van der Waals surface area contributed by atoms with Crippen LogP contribution in [0.15, 0.2) is 36.4 Å². The van der Waals surface area contributed by atoms with E-state index in [2.05, 4.69) is 16.0 Å². The van der Waals surface area contributed by atoms with E-state index in [0.717, 1.165) is 0 Å². The summed E-state index contributed by atoms with van der Waals surface area (Å²) in [6.07, 6.45) is -4.87. The van der Waals surface area contributed by atoms with Gasteiger partial charge in [0.25, 0.3) is 0 Å². The normalized spacial score (nSPS) is 19.7. The molecule has 2 aromatic rings. The standard InChI is InChI=1S/C29H37N5O10/c1-29(2,3)44-28(43)34-20-11-17-9-15(5-7-23(17)37)14-4-6-22(36)16(8-14)10-19(24(30)38)32-26(40)21(33-25(20)39)12-18(35)13-31-27(41)42/h4-9,18-21,31,35-37H,10-13H2,1-3H3,(H2,30,38)(H,32,40)(H,33,39)(H,34,43)(H,41,42)/t18?,19-,20-,21-/m0/s1. The van der Waals surface area contributed by atoms with Crippen LogP contribution < -0.4 is 27.0 Å². The van der Waals surface area contributed by atoms with Gasteiger partial charge < -0.3 is 52.2 Å². The summed E-state index contributed by atoms with van der Waals surface area (Å²) in [6, 6.07) is 4.79. The SMILES string of the molecule is CC(C)(C)OC(=O)N[C@H]1Cc2cc(ccc2O)-c2ccc(O)c(c2)C[C@@H](C(N)=O)NC(=O)[C@H](CC(O)CNC(=O)O)NC1=O. The Morgan fingerprint density at radius 1 is 0.977 bits per heavy atom. The maximum Gasteiger partial charge on any atom is 0.408 e. The molecule has 0 aromatic heterocycles. The molecule has 0 spiro atoms. The number of amides is 5. The molecule has 238 valence electrons. The van der Waals surface area contributed by atoms with Crippen molar-refractivity contribution in [3.05, 3.63) is 47.5 Å². The molecule has 15 heteroatoms. The van der Waals surface area contributed by atoms with Crippen LogP contribution in [0.2, 0.25) is 0 Å². The Hall–Kier alpha value is -5.05. The topological polar surface area (TPSA) is 250 Å². The predicted molar refractivity (Wildman–Crippen MR) is 155 cm³/mol. The number of nitrogens with one attached hydrogen (secondary N) is 4. The highest BCUT2D eigenvalue weighted by Gasteiger charge is 2.33. The van der Waals surface area contributed by atoms with Crippen molar-refractivity contribution in [3.8, 4) is 22.6 Å². The monoisotopic (exact) mass is 615 g/mol. The molecule has 3 rings (SSSR count). The van der Waals surface area contributed by atoms with Crippen molar-refractivity contribution in [1.29, 1.82) is 0 Å². The first-order valence-electron chi connectivity index (χ1n) is 13.7. The number of hydrogen-bond donors (Lipinski definition) is 9. The third kappa shape index (κ3) is 9.49. The Kier molecular flexibility index (Phi) is 10.6. The van der Waals surface area contributed by atoms with Gasteiger partial charge in [-0.15, -0.1) is 0 Å². The molecule has 0 saturated heterocycles. The first-order chi connectivity index (χ1) is 20.5. The molecule has 5 amide bonds. The summed E-state index contributed by atoms with van der Waals surface area (Å²) in [7, 11) is 0. The number of aliphatic hydroxyl groups excluding tert-OH is 1. The highest BCUT2D eigenvalue weighted by Crippen LogP contribution is 2.31. The number of carbonyl (C=O) groups excluding carboxylic acids is 4. The molecule has 4 bridgehead atoms. The predicted octanol–water partition coefficient (Wildman–Crippen LogP) is 0.230. The fourth-order valence-corrected chi connectivity index (χ4v) is 4.52. The van der Waals surface area contributed by atoms with Crippen LogP contribution >= 0.6 is 0 Å². The van der Waals surface area contributed by atoms with Crippen LogP contribution in [-0.2, 0) is 32.0 Å². The van der Waals surface area contributed by atoms with Gasteiger partial charge in [0.1, 0.15) is 35.2 Å². The van der Waals surface area contributed by atoms with Crippen LogP contribution in [0.5, 0.6) is 11.5 Å². The number of rotatable bonds is 6. The van der Waals surface area contributed by atoms with E-state index in [1.807, 2.05) is 5.32 Å². The maximum absolute atomic E-state index is 13.6. The van der Waals surface area contributed by atoms with E-state index in [-0.39, 0.29) is 35.5 Å². The lowest BCUT2D eigenvalue weighted by Crippen LogP contribution is -2.58. The van der Waals surface area contributed by atoms with Crippen molar-refractivity contribution in [1.82, 2.24) is 21.3 Å². The second kappa shape index (κ2) is 13.9. The fourth-order valence-electron chi connectivity index (χ4n) is 4.52. The van der Waals surface area contributed by atoms with Crippen LogP contribution in [0.1, 0.15) is 38.3 Å². The number of nitrogens with two attached hydrogens (primary N) is 1. The first kappa shape index (κ1) is 33.5. The second-order valence-electron chi connectivity index (χ2n) is 11.4. The summed E-state index contributed by atoms with van der Waals surface area (Å²) in [5.41, 5.74) is 6.26. The molecule has 1 unspecified atom stereocenters. The quantitative estimate of drug-likeness (QED) is 0.214. The Morgan fingerprint density at radius 3 is 2.07 bits per heavy atom. The first-order valence-corrected chi connectivity index (χ1v) is 13.7. The van der Waals surface area contributed by atoms with Crippen molar-refractivity contribution in [3.63, 3.8) is 0 Å². The van der Waals surface area contributed by atoms with E-state index in [9.17, 15) is 39.3 Å². The molecule has 4 atom stereocenters. The molecule has 0 radical (unpaired) electrons. The van der Waals surface area contributed by atoms with Gasteiger partial charge in [0.05, 0.1) is 6.10 Å². The zero-order valence-corrected chi connectivity index (χ0v) is 24.4.